The number of hydrogen-bond acceptors (Lipinski definition) is 7. The molecule has 126 valence electrons. The fourth-order valence-electron chi connectivity index (χ4n) is 2.43. The Balaban J connectivity index is 1.51. The molecule has 0 atom stereocenters. The van der Waals surface area contributed by atoms with Crippen LogP contribution in [0, 0.1) is 0 Å². The predicted molar refractivity (Wildman–Crippen MR) is 98.3 cm³/mol. The van der Waals surface area contributed by atoms with Crippen LogP contribution in [0.2, 0.25) is 0 Å². The number of hydrogen-bond donors (Lipinski definition) is 0. The molecular formula is C17H15N5OS2. The van der Waals surface area contributed by atoms with E-state index in [0.29, 0.717) is 17.5 Å². The number of thioether (sulfide) groups is 1. The third-order valence-electron chi connectivity index (χ3n) is 3.63. The lowest BCUT2D eigenvalue weighted by atomic mass is 10.2. The second-order valence-electron chi connectivity index (χ2n) is 5.23. The van der Waals surface area contributed by atoms with E-state index in [-0.39, 0.29) is 0 Å². The number of nitrogens with zero attached hydrogens (tertiary/aromatic N) is 5. The molecule has 0 aliphatic carbocycles. The van der Waals surface area contributed by atoms with Gasteiger partial charge in [-0.3, -0.25) is 0 Å². The Hall–Kier alpha value is -2.45. The van der Waals surface area contributed by atoms with Gasteiger partial charge in [0.05, 0.1) is 11.3 Å². The fraction of sp³-hybridized carbons (Fsp3) is 0.176. The van der Waals surface area contributed by atoms with Gasteiger partial charge in [0, 0.05) is 17.5 Å². The minimum Gasteiger partial charge on any atom is -0.334 e. The van der Waals surface area contributed by atoms with Crippen LogP contribution in [0.3, 0.4) is 0 Å². The molecule has 0 N–H and O–H groups in total. The van der Waals surface area contributed by atoms with Crippen molar-refractivity contribution in [1.29, 1.82) is 0 Å². The summed E-state index contributed by atoms with van der Waals surface area (Å²) in [7, 11) is 0. The van der Waals surface area contributed by atoms with E-state index in [1.54, 1.807) is 23.1 Å². The van der Waals surface area contributed by atoms with Crippen molar-refractivity contribution < 1.29 is 4.52 Å². The van der Waals surface area contributed by atoms with Gasteiger partial charge < -0.3 is 9.09 Å². The molecular weight excluding hydrogens is 354 g/mol. The summed E-state index contributed by atoms with van der Waals surface area (Å²) in [5.41, 5.74) is 2.01. The first-order valence-corrected chi connectivity index (χ1v) is 9.74. The van der Waals surface area contributed by atoms with Gasteiger partial charge in [-0.1, -0.05) is 47.3 Å². The third-order valence-corrected chi connectivity index (χ3v) is 5.28. The molecule has 8 heteroatoms. The summed E-state index contributed by atoms with van der Waals surface area (Å²) in [5.74, 6) is 2.66. The van der Waals surface area contributed by atoms with Crippen LogP contribution in [-0.2, 0) is 12.3 Å². The Kier molecular flexibility index (Phi) is 4.62. The van der Waals surface area contributed by atoms with E-state index in [0.717, 1.165) is 28.7 Å². The monoisotopic (exact) mass is 369 g/mol. The molecule has 6 nitrogen and oxygen atoms in total. The molecule has 4 rings (SSSR count). The van der Waals surface area contributed by atoms with Crippen molar-refractivity contribution in [2.45, 2.75) is 24.4 Å². The van der Waals surface area contributed by atoms with Crippen molar-refractivity contribution in [3.8, 4) is 22.8 Å². The first kappa shape index (κ1) is 16.0. The van der Waals surface area contributed by atoms with Gasteiger partial charge in [0.2, 0.25) is 0 Å². The molecule has 1 aromatic carbocycles. The zero-order valence-electron chi connectivity index (χ0n) is 13.5. The number of aromatic nitrogens is 5. The number of thiophene rings is 1. The van der Waals surface area contributed by atoms with E-state index in [9.17, 15) is 0 Å². The SMILES string of the molecule is CCn1c(SCc2noc(-c3ccsc3)n2)nnc1-c1ccccc1. The molecule has 0 amide bonds. The highest BCUT2D eigenvalue weighted by Gasteiger charge is 2.15. The van der Waals surface area contributed by atoms with Crippen LogP contribution in [-0.4, -0.2) is 24.9 Å². The van der Waals surface area contributed by atoms with Crippen LogP contribution in [0.1, 0.15) is 12.7 Å². The quantitative estimate of drug-likeness (QED) is 0.470. The van der Waals surface area contributed by atoms with E-state index in [1.165, 1.54) is 0 Å². The average molecular weight is 369 g/mol. The summed E-state index contributed by atoms with van der Waals surface area (Å²) in [6.45, 7) is 2.88. The zero-order valence-corrected chi connectivity index (χ0v) is 15.1. The number of benzene rings is 1. The molecule has 0 radical (unpaired) electrons. The molecule has 3 heterocycles. The van der Waals surface area contributed by atoms with Gasteiger partial charge in [-0.05, 0) is 18.4 Å². The van der Waals surface area contributed by atoms with Gasteiger partial charge >= 0.3 is 0 Å². The van der Waals surface area contributed by atoms with Crippen molar-refractivity contribution in [1.82, 2.24) is 24.9 Å². The summed E-state index contributed by atoms with van der Waals surface area (Å²) in [6.07, 6.45) is 0. The van der Waals surface area contributed by atoms with Crippen LogP contribution in [0.4, 0.5) is 0 Å². The maximum atomic E-state index is 5.32. The highest BCUT2D eigenvalue weighted by atomic mass is 32.2. The maximum absolute atomic E-state index is 5.32. The van der Waals surface area contributed by atoms with Gasteiger partial charge in [-0.2, -0.15) is 16.3 Å². The summed E-state index contributed by atoms with van der Waals surface area (Å²) in [4.78, 5) is 4.44. The van der Waals surface area contributed by atoms with Gasteiger partial charge in [-0.15, -0.1) is 10.2 Å². The predicted octanol–water partition coefficient (Wildman–Crippen LogP) is 4.37. The normalized spacial score (nSPS) is 11.1. The lowest BCUT2D eigenvalue weighted by Crippen LogP contribution is -2.00. The maximum Gasteiger partial charge on any atom is 0.258 e. The molecule has 3 aromatic heterocycles. The lowest BCUT2D eigenvalue weighted by Gasteiger charge is -2.06. The smallest absolute Gasteiger partial charge is 0.258 e. The Bertz CT molecular complexity index is 947. The van der Waals surface area contributed by atoms with Crippen LogP contribution in [0.5, 0.6) is 0 Å². The topological polar surface area (TPSA) is 69.6 Å². The van der Waals surface area contributed by atoms with Crippen molar-refractivity contribution in [2.75, 3.05) is 0 Å². The van der Waals surface area contributed by atoms with Crippen LogP contribution in [0.25, 0.3) is 22.8 Å². The first-order chi connectivity index (χ1) is 12.3. The molecule has 0 saturated carbocycles. The number of rotatable bonds is 6. The minimum atomic E-state index is 0.554. The van der Waals surface area contributed by atoms with E-state index in [4.69, 9.17) is 4.52 Å². The highest BCUT2D eigenvalue weighted by molar-refractivity contribution is 7.98. The second kappa shape index (κ2) is 7.20. The van der Waals surface area contributed by atoms with Gasteiger partial charge in [0.15, 0.2) is 16.8 Å². The molecule has 0 aliphatic heterocycles. The first-order valence-electron chi connectivity index (χ1n) is 7.81. The van der Waals surface area contributed by atoms with Crippen LogP contribution in [0.15, 0.2) is 56.8 Å². The highest BCUT2D eigenvalue weighted by Crippen LogP contribution is 2.26. The van der Waals surface area contributed by atoms with Crippen LogP contribution < -0.4 is 0 Å². The van der Waals surface area contributed by atoms with Crippen molar-refractivity contribution in [3.63, 3.8) is 0 Å². The minimum absolute atomic E-state index is 0.554. The van der Waals surface area contributed by atoms with Crippen molar-refractivity contribution in [3.05, 3.63) is 53.0 Å². The van der Waals surface area contributed by atoms with E-state index >= 15 is 0 Å². The van der Waals surface area contributed by atoms with Crippen molar-refractivity contribution >= 4 is 23.1 Å². The second-order valence-corrected chi connectivity index (χ2v) is 6.96. The largest absolute Gasteiger partial charge is 0.334 e. The Morgan fingerprint density at radius 1 is 1.12 bits per heavy atom. The van der Waals surface area contributed by atoms with Gasteiger partial charge in [0.25, 0.3) is 5.89 Å². The molecule has 0 bridgehead atoms. The standard InChI is InChI=1S/C17H15N5OS2/c1-2-22-15(12-6-4-3-5-7-12)19-20-17(22)25-11-14-18-16(23-21-14)13-8-9-24-10-13/h3-10H,2,11H2,1H3. The Morgan fingerprint density at radius 3 is 2.76 bits per heavy atom. The summed E-state index contributed by atoms with van der Waals surface area (Å²) >= 11 is 3.16. The lowest BCUT2D eigenvalue weighted by molar-refractivity contribution is 0.425. The summed E-state index contributed by atoms with van der Waals surface area (Å²) in [6, 6.07) is 12.0. The zero-order chi connectivity index (χ0) is 17.1. The van der Waals surface area contributed by atoms with Crippen LogP contribution >= 0.6 is 23.1 Å². The molecule has 0 unspecified atom stereocenters. The van der Waals surface area contributed by atoms with Crippen molar-refractivity contribution in [2.24, 2.45) is 0 Å². The Morgan fingerprint density at radius 2 is 2.00 bits per heavy atom. The summed E-state index contributed by atoms with van der Waals surface area (Å²) < 4.78 is 7.42. The van der Waals surface area contributed by atoms with Gasteiger partial charge in [-0.25, -0.2) is 0 Å². The average Bonchev–Trinajstić information content (AvgIpc) is 3.39. The third kappa shape index (κ3) is 3.35. The molecule has 0 spiro atoms. The molecule has 25 heavy (non-hydrogen) atoms. The van der Waals surface area contributed by atoms with E-state index in [1.807, 2.05) is 47.2 Å². The fourth-order valence-corrected chi connectivity index (χ4v) is 3.90. The van der Waals surface area contributed by atoms with E-state index < -0.39 is 0 Å². The Labute approximate surface area is 152 Å². The summed E-state index contributed by atoms with van der Waals surface area (Å²) in [5, 5.41) is 17.5. The molecule has 0 aliphatic rings. The van der Waals surface area contributed by atoms with Gasteiger partial charge in [0.1, 0.15) is 0 Å². The molecule has 0 saturated heterocycles. The molecule has 0 fully saturated rings. The van der Waals surface area contributed by atoms with E-state index in [2.05, 4.69) is 31.8 Å². The molecule has 4 aromatic rings.